The van der Waals surface area contributed by atoms with Gasteiger partial charge in [-0.3, -0.25) is 4.98 Å². The molecule has 5 nitrogen and oxygen atoms in total. The third-order valence-corrected chi connectivity index (χ3v) is 2.26. The molecule has 0 unspecified atom stereocenters. The molecular weight excluding hydrogens is 220 g/mol. The largest absolute Gasteiger partial charge is 0.481 e. The van der Waals surface area contributed by atoms with Crippen LogP contribution >= 0.6 is 0 Å². The third kappa shape index (κ3) is 2.39. The van der Waals surface area contributed by atoms with Crippen LogP contribution in [0.5, 0.6) is 5.88 Å². The van der Waals surface area contributed by atoms with Gasteiger partial charge in [-0.1, -0.05) is 0 Å². The molecule has 0 aliphatic rings. The van der Waals surface area contributed by atoms with E-state index in [1.165, 1.54) is 13.3 Å². The second kappa shape index (κ2) is 4.61. The first-order valence-corrected chi connectivity index (χ1v) is 4.89. The second-order valence-electron chi connectivity index (χ2n) is 3.35. The van der Waals surface area contributed by atoms with Gasteiger partial charge in [-0.05, 0) is 17.7 Å². The van der Waals surface area contributed by atoms with Gasteiger partial charge in [-0.2, -0.15) is 0 Å². The zero-order valence-corrected chi connectivity index (χ0v) is 9.12. The molecule has 0 spiro atoms. The maximum atomic E-state index is 10.8. The lowest BCUT2D eigenvalue weighted by Crippen LogP contribution is -1.97. The normalized spacial score (nSPS) is 9.94. The van der Waals surface area contributed by atoms with Crippen molar-refractivity contribution in [2.45, 2.75) is 0 Å². The average Bonchev–Trinajstić information content (AvgIpc) is 2.39. The molecule has 2 aromatic heterocycles. The van der Waals surface area contributed by atoms with Crippen molar-refractivity contribution in [3.05, 3.63) is 42.4 Å². The van der Waals surface area contributed by atoms with E-state index in [0.29, 0.717) is 11.4 Å². The van der Waals surface area contributed by atoms with Crippen molar-refractivity contribution in [3.8, 4) is 17.0 Å². The van der Waals surface area contributed by atoms with Gasteiger partial charge in [-0.15, -0.1) is 0 Å². The molecule has 86 valence electrons. The van der Waals surface area contributed by atoms with E-state index in [4.69, 9.17) is 9.84 Å². The first-order valence-electron chi connectivity index (χ1n) is 4.89. The molecule has 1 N–H and O–H groups in total. The van der Waals surface area contributed by atoms with Crippen LogP contribution in [-0.4, -0.2) is 28.2 Å². The van der Waals surface area contributed by atoms with Crippen LogP contribution in [0.3, 0.4) is 0 Å². The van der Waals surface area contributed by atoms with E-state index in [-0.39, 0.29) is 5.56 Å². The molecule has 0 aliphatic heterocycles. The standard InChI is InChI=1S/C12H10N2O3/c1-17-11-5-8(2-3-14-11)9-4-10(12(15)16)7-13-6-9/h2-7H,1H3,(H,15,16). The van der Waals surface area contributed by atoms with Gasteiger partial charge in [0.25, 0.3) is 0 Å². The van der Waals surface area contributed by atoms with Crippen LogP contribution in [0.15, 0.2) is 36.8 Å². The van der Waals surface area contributed by atoms with Gasteiger partial charge in [0.1, 0.15) is 0 Å². The number of carbonyl (C=O) groups is 1. The van der Waals surface area contributed by atoms with E-state index >= 15 is 0 Å². The molecule has 0 atom stereocenters. The first kappa shape index (κ1) is 11.1. The molecule has 5 heteroatoms. The summed E-state index contributed by atoms with van der Waals surface area (Å²) < 4.78 is 5.01. The monoisotopic (exact) mass is 230 g/mol. The number of rotatable bonds is 3. The summed E-state index contributed by atoms with van der Waals surface area (Å²) in [6, 6.07) is 5.05. The molecule has 0 fully saturated rings. The molecule has 2 rings (SSSR count). The van der Waals surface area contributed by atoms with Gasteiger partial charge in [0.2, 0.25) is 5.88 Å². The Morgan fingerprint density at radius 1 is 1.29 bits per heavy atom. The number of ether oxygens (including phenoxy) is 1. The van der Waals surface area contributed by atoms with Crippen molar-refractivity contribution in [1.29, 1.82) is 0 Å². The quantitative estimate of drug-likeness (QED) is 0.871. The Hall–Kier alpha value is -2.43. The maximum Gasteiger partial charge on any atom is 0.337 e. The van der Waals surface area contributed by atoms with Crippen LogP contribution in [-0.2, 0) is 0 Å². The van der Waals surface area contributed by atoms with Crippen molar-refractivity contribution < 1.29 is 14.6 Å². The van der Waals surface area contributed by atoms with Crippen molar-refractivity contribution >= 4 is 5.97 Å². The van der Waals surface area contributed by atoms with Crippen LogP contribution in [0.4, 0.5) is 0 Å². The van der Waals surface area contributed by atoms with Crippen LogP contribution < -0.4 is 4.74 Å². The number of methoxy groups -OCH3 is 1. The Labute approximate surface area is 97.7 Å². The number of carboxylic acids is 1. The molecule has 0 saturated heterocycles. The molecule has 0 aliphatic carbocycles. The highest BCUT2D eigenvalue weighted by molar-refractivity contribution is 5.88. The predicted octanol–water partition coefficient (Wildman–Crippen LogP) is 1.85. The Balaban J connectivity index is 2.45. The zero-order chi connectivity index (χ0) is 12.3. The van der Waals surface area contributed by atoms with E-state index < -0.39 is 5.97 Å². The number of pyridine rings is 2. The maximum absolute atomic E-state index is 10.8. The van der Waals surface area contributed by atoms with Crippen molar-refractivity contribution in [3.63, 3.8) is 0 Å². The van der Waals surface area contributed by atoms with Gasteiger partial charge in [-0.25, -0.2) is 9.78 Å². The van der Waals surface area contributed by atoms with Gasteiger partial charge in [0.05, 0.1) is 12.7 Å². The third-order valence-electron chi connectivity index (χ3n) is 2.26. The summed E-state index contributed by atoms with van der Waals surface area (Å²) in [5.41, 5.74) is 1.68. The van der Waals surface area contributed by atoms with Crippen molar-refractivity contribution in [2.24, 2.45) is 0 Å². The fourth-order valence-electron chi connectivity index (χ4n) is 1.42. The Morgan fingerprint density at radius 3 is 2.82 bits per heavy atom. The molecule has 2 heterocycles. The SMILES string of the molecule is COc1cc(-c2cncc(C(=O)O)c2)ccn1. The number of hydrogen-bond donors (Lipinski definition) is 1. The summed E-state index contributed by atoms with van der Waals surface area (Å²) in [6.07, 6.45) is 4.51. The van der Waals surface area contributed by atoms with E-state index in [9.17, 15) is 4.79 Å². The van der Waals surface area contributed by atoms with Crippen molar-refractivity contribution in [2.75, 3.05) is 7.11 Å². The molecule has 0 amide bonds. The summed E-state index contributed by atoms with van der Waals surface area (Å²) in [6.45, 7) is 0. The molecule has 17 heavy (non-hydrogen) atoms. The van der Waals surface area contributed by atoms with Gasteiger partial charge < -0.3 is 9.84 Å². The van der Waals surface area contributed by atoms with Crippen LogP contribution in [0.25, 0.3) is 11.1 Å². The topological polar surface area (TPSA) is 72.3 Å². The highest BCUT2D eigenvalue weighted by atomic mass is 16.5. The van der Waals surface area contributed by atoms with Crippen LogP contribution in [0, 0.1) is 0 Å². The molecule has 2 aromatic rings. The van der Waals surface area contributed by atoms with Gasteiger partial charge >= 0.3 is 5.97 Å². The number of hydrogen-bond acceptors (Lipinski definition) is 4. The molecule has 0 radical (unpaired) electrons. The van der Waals surface area contributed by atoms with Crippen LogP contribution in [0.1, 0.15) is 10.4 Å². The summed E-state index contributed by atoms with van der Waals surface area (Å²) in [5.74, 6) is -0.524. The zero-order valence-electron chi connectivity index (χ0n) is 9.12. The lowest BCUT2D eigenvalue weighted by Gasteiger charge is -2.04. The Morgan fingerprint density at radius 2 is 2.12 bits per heavy atom. The second-order valence-corrected chi connectivity index (χ2v) is 3.35. The minimum absolute atomic E-state index is 0.151. The van der Waals surface area contributed by atoms with Crippen LogP contribution in [0.2, 0.25) is 0 Å². The lowest BCUT2D eigenvalue weighted by molar-refractivity contribution is 0.0696. The van der Waals surface area contributed by atoms with Crippen molar-refractivity contribution in [1.82, 2.24) is 9.97 Å². The number of carboxylic acid groups (broad SMARTS) is 1. The highest BCUT2D eigenvalue weighted by Crippen LogP contribution is 2.22. The van der Waals surface area contributed by atoms with E-state index in [2.05, 4.69) is 9.97 Å². The van der Waals surface area contributed by atoms with E-state index in [1.807, 2.05) is 0 Å². The minimum Gasteiger partial charge on any atom is -0.481 e. The summed E-state index contributed by atoms with van der Waals surface area (Å²) in [4.78, 5) is 18.7. The van der Waals surface area contributed by atoms with E-state index in [0.717, 1.165) is 5.56 Å². The molecule has 0 bridgehead atoms. The molecule has 0 aromatic carbocycles. The first-order chi connectivity index (χ1) is 8.20. The number of nitrogens with zero attached hydrogens (tertiary/aromatic N) is 2. The summed E-state index contributed by atoms with van der Waals surface area (Å²) >= 11 is 0. The molecular formula is C12H10N2O3. The summed E-state index contributed by atoms with van der Waals surface area (Å²) in [7, 11) is 1.53. The Kier molecular flexibility index (Phi) is 3.00. The number of aromatic nitrogens is 2. The van der Waals surface area contributed by atoms with E-state index in [1.54, 1.807) is 30.6 Å². The van der Waals surface area contributed by atoms with Gasteiger partial charge in [0, 0.05) is 30.2 Å². The predicted molar refractivity (Wildman–Crippen MR) is 61.0 cm³/mol. The Bertz CT molecular complexity index is 555. The fourth-order valence-corrected chi connectivity index (χ4v) is 1.42. The number of aromatic carboxylic acids is 1. The average molecular weight is 230 g/mol. The molecule has 0 saturated carbocycles. The fraction of sp³-hybridized carbons (Fsp3) is 0.0833. The smallest absolute Gasteiger partial charge is 0.337 e. The van der Waals surface area contributed by atoms with Gasteiger partial charge in [0.15, 0.2) is 0 Å². The lowest BCUT2D eigenvalue weighted by atomic mass is 10.1. The summed E-state index contributed by atoms with van der Waals surface area (Å²) in [5, 5.41) is 8.88. The minimum atomic E-state index is -1.000. The highest BCUT2D eigenvalue weighted by Gasteiger charge is 2.06.